The fraction of sp³-hybridized carbons (Fsp3) is 0.250. The van der Waals surface area contributed by atoms with E-state index in [0.717, 1.165) is 5.56 Å². The smallest absolute Gasteiger partial charge is 0.322 e. The van der Waals surface area contributed by atoms with E-state index in [1.807, 2.05) is 13.0 Å². The maximum absolute atomic E-state index is 11.6. The number of aliphatic carboxylic acids is 1. The van der Waals surface area contributed by atoms with Crippen LogP contribution in [0.5, 0.6) is 0 Å². The minimum absolute atomic E-state index is 0.250. The molecule has 18 heavy (non-hydrogen) atoms. The Bertz CT molecular complexity index is 471. The summed E-state index contributed by atoms with van der Waals surface area (Å²) in [7, 11) is 0. The first-order valence-corrected chi connectivity index (χ1v) is 5.32. The fourth-order valence-electron chi connectivity index (χ4n) is 1.29. The lowest BCUT2D eigenvalue weighted by molar-refractivity contribution is -0.137. The molecule has 6 heteroatoms. The third-order valence-electron chi connectivity index (χ3n) is 2.13. The zero-order chi connectivity index (χ0) is 13.5. The van der Waals surface area contributed by atoms with Gasteiger partial charge in [0.15, 0.2) is 0 Å². The summed E-state index contributed by atoms with van der Waals surface area (Å²) < 4.78 is 0. The fourth-order valence-corrected chi connectivity index (χ4v) is 1.29. The molecule has 0 aliphatic rings. The molecule has 0 aromatic heterocycles. The van der Waals surface area contributed by atoms with Crippen LogP contribution in [0.25, 0.3) is 0 Å². The highest BCUT2D eigenvalue weighted by Gasteiger charge is 2.08. The van der Waals surface area contributed by atoms with Crippen LogP contribution >= 0.6 is 0 Å². The molecule has 0 fully saturated rings. The van der Waals surface area contributed by atoms with Gasteiger partial charge in [0, 0.05) is 5.56 Å². The van der Waals surface area contributed by atoms with Gasteiger partial charge in [-0.2, -0.15) is 0 Å². The Labute approximate surface area is 104 Å². The molecule has 1 rings (SSSR count). The lowest BCUT2D eigenvalue weighted by atomic mass is 10.1. The van der Waals surface area contributed by atoms with Crippen LogP contribution in [0, 0.1) is 6.92 Å². The van der Waals surface area contributed by atoms with Crippen LogP contribution in [0.15, 0.2) is 24.3 Å². The number of carboxylic acids is 1. The van der Waals surface area contributed by atoms with E-state index in [0.29, 0.717) is 5.56 Å². The van der Waals surface area contributed by atoms with Crippen molar-refractivity contribution in [2.45, 2.75) is 6.92 Å². The van der Waals surface area contributed by atoms with Crippen molar-refractivity contribution in [1.82, 2.24) is 10.6 Å². The van der Waals surface area contributed by atoms with Crippen molar-refractivity contribution in [3.63, 3.8) is 0 Å². The Morgan fingerprint density at radius 3 is 2.50 bits per heavy atom. The summed E-state index contributed by atoms with van der Waals surface area (Å²) in [6.07, 6.45) is 0. The molecule has 1 aromatic carbocycles. The molecular formula is C12H14N2O4. The number of nitrogens with one attached hydrogen (secondary N) is 2. The standard InChI is InChI=1S/C12H14N2O4/c1-8-3-2-4-9(5-8)12(18)14-6-10(15)13-7-11(16)17/h2-5H,6-7H2,1H3,(H,13,15)(H,14,18)(H,16,17). The van der Waals surface area contributed by atoms with Gasteiger partial charge in [0.1, 0.15) is 6.54 Å². The highest BCUT2D eigenvalue weighted by molar-refractivity contribution is 5.96. The second-order valence-electron chi connectivity index (χ2n) is 3.72. The van der Waals surface area contributed by atoms with Gasteiger partial charge in [-0.3, -0.25) is 14.4 Å². The van der Waals surface area contributed by atoms with Crippen LogP contribution in [0.1, 0.15) is 15.9 Å². The minimum atomic E-state index is -1.13. The number of benzene rings is 1. The van der Waals surface area contributed by atoms with Crippen molar-refractivity contribution in [1.29, 1.82) is 0 Å². The zero-order valence-electron chi connectivity index (χ0n) is 9.90. The van der Waals surface area contributed by atoms with E-state index < -0.39 is 18.4 Å². The maximum atomic E-state index is 11.6. The first-order chi connectivity index (χ1) is 8.49. The quantitative estimate of drug-likeness (QED) is 0.681. The number of aryl methyl sites for hydroxylation is 1. The minimum Gasteiger partial charge on any atom is -0.480 e. The lowest BCUT2D eigenvalue weighted by Gasteiger charge is -2.05. The first kappa shape index (κ1) is 13.7. The molecular weight excluding hydrogens is 236 g/mol. The predicted molar refractivity (Wildman–Crippen MR) is 64.2 cm³/mol. The molecule has 0 aliphatic heterocycles. The highest BCUT2D eigenvalue weighted by Crippen LogP contribution is 2.03. The van der Waals surface area contributed by atoms with Gasteiger partial charge in [-0.25, -0.2) is 0 Å². The van der Waals surface area contributed by atoms with Gasteiger partial charge in [-0.15, -0.1) is 0 Å². The number of rotatable bonds is 5. The summed E-state index contributed by atoms with van der Waals surface area (Å²) in [4.78, 5) is 33.0. The molecule has 0 radical (unpaired) electrons. The summed E-state index contributed by atoms with van der Waals surface area (Å²) in [5.41, 5.74) is 1.40. The summed E-state index contributed by atoms with van der Waals surface area (Å²) in [5, 5.41) is 12.9. The van der Waals surface area contributed by atoms with Crippen LogP contribution in [0.3, 0.4) is 0 Å². The van der Waals surface area contributed by atoms with Gasteiger partial charge in [-0.05, 0) is 19.1 Å². The second kappa shape index (κ2) is 6.39. The van der Waals surface area contributed by atoms with Crippen molar-refractivity contribution in [3.05, 3.63) is 35.4 Å². The van der Waals surface area contributed by atoms with Crippen LogP contribution in [-0.2, 0) is 9.59 Å². The number of carboxylic acid groups (broad SMARTS) is 1. The van der Waals surface area contributed by atoms with Crippen molar-refractivity contribution < 1.29 is 19.5 Å². The van der Waals surface area contributed by atoms with Crippen molar-refractivity contribution in [2.24, 2.45) is 0 Å². The Morgan fingerprint density at radius 2 is 1.89 bits per heavy atom. The third kappa shape index (κ3) is 4.65. The molecule has 2 amide bonds. The van der Waals surface area contributed by atoms with E-state index in [2.05, 4.69) is 10.6 Å². The molecule has 0 heterocycles. The monoisotopic (exact) mass is 250 g/mol. The van der Waals surface area contributed by atoms with E-state index in [1.54, 1.807) is 18.2 Å². The van der Waals surface area contributed by atoms with E-state index in [9.17, 15) is 14.4 Å². The molecule has 0 spiro atoms. The zero-order valence-corrected chi connectivity index (χ0v) is 9.90. The van der Waals surface area contributed by atoms with Crippen LogP contribution in [-0.4, -0.2) is 36.0 Å². The average molecular weight is 250 g/mol. The third-order valence-corrected chi connectivity index (χ3v) is 2.13. The second-order valence-corrected chi connectivity index (χ2v) is 3.72. The van der Waals surface area contributed by atoms with Gasteiger partial charge in [0.25, 0.3) is 5.91 Å². The van der Waals surface area contributed by atoms with Crippen LogP contribution in [0.4, 0.5) is 0 Å². The summed E-state index contributed by atoms with van der Waals surface area (Å²) >= 11 is 0. The van der Waals surface area contributed by atoms with E-state index >= 15 is 0 Å². The SMILES string of the molecule is Cc1cccc(C(=O)NCC(=O)NCC(=O)O)c1. The number of carbonyl (C=O) groups is 3. The summed E-state index contributed by atoms with van der Waals surface area (Å²) in [6, 6.07) is 6.94. The molecule has 96 valence electrons. The Morgan fingerprint density at radius 1 is 1.17 bits per heavy atom. The normalized spacial score (nSPS) is 9.61. The van der Waals surface area contributed by atoms with E-state index in [4.69, 9.17) is 5.11 Å². The Kier molecular flexibility index (Phi) is 4.86. The van der Waals surface area contributed by atoms with Gasteiger partial charge in [0.05, 0.1) is 6.54 Å². The van der Waals surface area contributed by atoms with E-state index in [1.165, 1.54) is 0 Å². The highest BCUT2D eigenvalue weighted by atomic mass is 16.4. The number of amides is 2. The maximum Gasteiger partial charge on any atom is 0.322 e. The van der Waals surface area contributed by atoms with Gasteiger partial charge < -0.3 is 15.7 Å². The molecule has 6 nitrogen and oxygen atoms in total. The molecule has 0 unspecified atom stereocenters. The number of carbonyl (C=O) groups excluding carboxylic acids is 2. The van der Waals surface area contributed by atoms with E-state index in [-0.39, 0.29) is 12.5 Å². The number of hydrogen-bond acceptors (Lipinski definition) is 3. The summed E-state index contributed by atoms with van der Waals surface area (Å²) in [5.74, 6) is -2.05. The van der Waals surface area contributed by atoms with Gasteiger partial charge in [0.2, 0.25) is 5.91 Å². The summed E-state index contributed by atoms with van der Waals surface area (Å²) in [6.45, 7) is 1.15. The topological polar surface area (TPSA) is 95.5 Å². The largest absolute Gasteiger partial charge is 0.480 e. The molecule has 1 aromatic rings. The number of hydrogen-bond donors (Lipinski definition) is 3. The van der Waals surface area contributed by atoms with Gasteiger partial charge in [-0.1, -0.05) is 17.7 Å². The van der Waals surface area contributed by atoms with Gasteiger partial charge >= 0.3 is 5.97 Å². The Balaban J connectivity index is 2.42. The molecule has 0 bridgehead atoms. The van der Waals surface area contributed by atoms with Crippen molar-refractivity contribution >= 4 is 17.8 Å². The van der Waals surface area contributed by atoms with Crippen LogP contribution in [0.2, 0.25) is 0 Å². The Hall–Kier alpha value is -2.37. The van der Waals surface area contributed by atoms with Crippen molar-refractivity contribution in [3.8, 4) is 0 Å². The predicted octanol–water partition coefficient (Wildman–Crippen LogP) is -0.0744. The van der Waals surface area contributed by atoms with Crippen LogP contribution < -0.4 is 10.6 Å². The first-order valence-electron chi connectivity index (χ1n) is 5.32. The molecule has 0 saturated heterocycles. The molecule has 0 saturated carbocycles. The molecule has 0 atom stereocenters. The average Bonchev–Trinajstić information content (AvgIpc) is 2.33. The van der Waals surface area contributed by atoms with Crippen molar-refractivity contribution in [2.75, 3.05) is 13.1 Å². The lowest BCUT2D eigenvalue weighted by Crippen LogP contribution is -2.39. The molecule has 3 N–H and O–H groups in total. The molecule has 0 aliphatic carbocycles.